The van der Waals surface area contributed by atoms with Crippen molar-refractivity contribution in [3.05, 3.63) is 54.6 Å². The van der Waals surface area contributed by atoms with Crippen LogP contribution < -0.4 is 5.32 Å². The molecule has 0 bridgehead atoms. The Morgan fingerprint density at radius 1 is 1.33 bits per heavy atom. The third-order valence-corrected chi connectivity index (χ3v) is 3.42. The second kappa shape index (κ2) is 7.11. The molecule has 3 heteroatoms. The number of ether oxygens (including phenoxy) is 1. The number of amides is 1. The van der Waals surface area contributed by atoms with Crippen molar-refractivity contribution in [3.63, 3.8) is 0 Å². The minimum atomic E-state index is -0.504. The van der Waals surface area contributed by atoms with Crippen LogP contribution in [0.25, 0.3) is 5.57 Å². The molecular formula is C18H25NO2. The van der Waals surface area contributed by atoms with Gasteiger partial charge in [0.1, 0.15) is 6.61 Å². The Bertz CT molecular complexity index is 513. The molecule has 0 saturated carbocycles. The summed E-state index contributed by atoms with van der Waals surface area (Å²) in [4.78, 5) is 11.7. The Labute approximate surface area is 127 Å². The third kappa shape index (κ3) is 4.78. The molecule has 0 heterocycles. The van der Waals surface area contributed by atoms with Crippen LogP contribution in [-0.4, -0.2) is 12.7 Å². The van der Waals surface area contributed by atoms with Crippen molar-refractivity contribution in [2.45, 2.75) is 33.2 Å². The largest absolute Gasteiger partial charge is 0.445 e. The number of hydrogen-bond donors (Lipinski definition) is 1. The summed E-state index contributed by atoms with van der Waals surface area (Å²) >= 11 is 0. The Morgan fingerprint density at radius 2 is 1.90 bits per heavy atom. The number of carbonyl (C=O) groups is 1. The van der Waals surface area contributed by atoms with Gasteiger partial charge in [0.2, 0.25) is 0 Å². The fraction of sp³-hybridized carbons (Fsp3) is 0.389. The first-order valence-corrected chi connectivity index (χ1v) is 7.13. The molecule has 0 atom stereocenters. The van der Waals surface area contributed by atoms with Crippen LogP contribution in [0.3, 0.4) is 0 Å². The van der Waals surface area contributed by atoms with Gasteiger partial charge in [-0.2, -0.15) is 0 Å². The highest BCUT2D eigenvalue weighted by Crippen LogP contribution is 2.25. The SMILES string of the molecule is C=CCOC(=O)NC(C)(C)c1ccc(C(=C)C(C)C)cc1. The lowest BCUT2D eigenvalue weighted by molar-refractivity contribution is 0.147. The first-order chi connectivity index (χ1) is 9.77. The molecule has 1 aromatic rings. The molecule has 0 aliphatic heterocycles. The number of allylic oxidation sites excluding steroid dienone is 1. The lowest BCUT2D eigenvalue weighted by atomic mass is 9.90. The van der Waals surface area contributed by atoms with Crippen LogP contribution >= 0.6 is 0 Å². The molecule has 114 valence electrons. The van der Waals surface area contributed by atoms with E-state index in [1.807, 2.05) is 38.1 Å². The average Bonchev–Trinajstić information content (AvgIpc) is 2.43. The Kier molecular flexibility index (Phi) is 5.77. The van der Waals surface area contributed by atoms with E-state index in [0.29, 0.717) is 5.92 Å². The lowest BCUT2D eigenvalue weighted by Gasteiger charge is -2.26. The predicted molar refractivity (Wildman–Crippen MR) is 88.0 cm³/mol. The van der Waals surface area contributed by atoms with Gasteiger partial charge >= 0.3 is 6.09 Å². The monoisotopic (exact) mass is 287 g/mol. The van der Waals surface area contributed by atoms with E-state index in [2.05, 4.69) is 32.3 Å². The Balaban J connectivity index is 2.82. The summed E-state index contributed by atoms with van der Waals surface area (Å²) in [6.07, 6.45) is 1.09. The van der Waals surface area contributed by atoms with E-state index in [-0.39, 0.29) is 6.61 Å². The molecule has 1 N–H and O–H groups in total. The maximum Gasteiger partial charge on any atom is 0.408 e. The highest BCUT2D eigenvalue weighted by Gasteiger charge is 2.23. The van der Waals surface area contributed by atoms with Gasteiger partial charge in [0.25, 0.3) is 0 Å². The third-order valence-electron chi connectivity index (χ3n) is 3.42. The molecule has 1 aromatic carbocycles. The molecule has 0 aromatic heterocycles. The zero-order valence-electron chi connectivity index (χ0n) is 13.4. The number of benzene rings is 1. The van der Waals surface area contributed by atoms with Gasteiger partial charge in [0.05, 0.1) is 5.54 Å². The van der Waals surface area contributed by atoms with Crippen LogP contribution in [0.4, 0.5) is 4.79 Å². The van der Waals surface area contributed by atoms with Crippen LogP contribution in [0, 0.1) is 5.92 Å². The van der Waals surface area contributed by atoms with E-state index in [0.717, 1.165) is 16.7 Å². The fourth-order valence-corrected chi connectivity index (χ4v) is 1.93. The van der Waals surface area contributed by atoms with Gasteiger partial charge < -0.3 is 10.1 Å². The quantitative estimate of drug-likeness (QED) is 0.782. The summed E-state index contributed by atoms with van der Waals surface area (Å²) in [5.74, 6) is 0.413. The van der Waals surface area contributed by atoms with Crippen LogP contribution in [0.5, 0.6) is 0 Å². The van der Waals surface area contributed by atoms with Crippen molar-refractivity contribution >= 4 is 11.7 Å². The van der Waals surface area contributed by atoms with E-state index >= 15 is 0 Å². The molecule has 0 spiro atoms. The predicted octanol–water partition coefficient (Wildman–Crippen LogP) is 4.50. The molecule has 0 fully saturated rings. The molecule has 0 unspecified atom stereocenters. The molecule has 0 aliphatic rings. The van der Waals surface area contributed by atoms with Gasteiger partial charge in [-0.1, -0.05) is 57.3 Å². The van der Waals surface area contributed by atoms with Gasteiger partial charge in [-0.25, -0.2) is 4.79 Å². The summed E-state index contributed by atoms with van der Waals surface area (Å²) in [5, 5.41) is 2.85. The molecule has 21 heavy (non-hydrogen) atoms. The van der Waals surface area contributed by atoms with Gasteiger partial charge in [-0.3, -0.25) is 0 Å². The highest BCUT2D eigenvalue weighted by atomic mass is 16.5. The van der Waals surface area contributed by atoms with Crippen molar-refractivity contribution in [2.75, 3.05) is 6.61 Å². The first-order valence-electron chi connectivity index (χ1n) is 7.13. The number of nitrogens with one attached hydrogen (secondary N) is 1. The maximum absolute atomic E-state index is 11.7. The Morgan fingerprint density at radius 3 is 2.38 bits per heavy atom. The molecule has 1 amide bonds. The zero-order valence-corrected chi connectivity index (χ0v) is 13.4. The average molecular weight is 287 g/mol. The van der Waals surface area contributed by atoms with Crippen molar-refractivity contribution in [1.29, 1.82) is 0 Å². The molecule has 3 nitrogen and oxygen atoms in total. The normalized spacial score (nSPS) is 11.1. The fourth-order valence-electron chi connectivity index (χ4n) is 1.93. The summed E-state index contributed by atoms with van der Waals surface area (Å²) in [5.41, 5.74) is 2.74. The van der Waals surface area contributed by atoms with Crippen molar-refractivity contribution in [3.8, 4) is 0 Å². The van der Waals surface area contributed by atoms with Crippen molar-refractivity contribution in [2.24, 2.45) is 5.92 Å². The van der Waals surface area contributed by atoms with E-state index < -0.39 is 11.6 Å². The van der Waals surface area contributed by atoms with Crippen molar-refractivity contribution in [1.82, 2.24) is 5.32 Å². The number of alkyl carbamates (subject to hydrolysis) is 1. The van der Waals surface area contributed by atoms with Crippen LogP contribution in [0.1, 0.15) is 38.8 Å². The smallest absolute Gasteiger partial charge is 0.408 e. The van der Waals surface area contributed by atoms with Gasteiger partial charge in [0.15, 0.2) is 0 Å². The minimum absolute atomic E-state index is 0.203. The molecule has 0 radical (unpaired) electrons. The topological polar surface area (TPSA) is 38.3 Å². The molecular weight excluding hydrogens is 262 g/mol. The van der Waals surface area contributed by atoms with Gasteiger partial charge in [0, 0.05) is 0 Å². The van der Waals surface area contributed by atoms with Gasteiger partial charge in [-0.15, -0.1) is 0 Å². The standard InChI is InChI=1S/C18H25NO2/c1-7-12-21-17(20)19-18(5,6)16-10-8-15(9-11-16)14(4)13(2)3/h7-11,13H,1,4,12H2,2-3,5-6H3,(H,19,20). The zero-order chi connectivity index (χ0) is 16.0. The van der Waals surface area contributed by atoms with Crippen LogP contribution in [-0.2, 0) is 10.3 Å². The second-order valence-corrected chi connectivity index (χ2v) is 5.89. The van der Waals surface area contributed by atoms with E-state index in [4.69, 9.17) is 4.74 Å². The summed E-state index contributed by atoms with van der Waals surface area (Å²) in [6.45, 7) is 15.9. The molecule has 0 aliphatic carbocycles. The van der Waals surface area contributed by atoms with E-state index in [1.54, 1.807) is 6.08 Å². The second-order valence-electron chi connectivity index (χ2n) is 5.89. The summed E-state index contributed by atoms with van der Waals surface area (Å²) in [7, 11) is 0. The van der Waals surface area contributed by atoms with Crippen molar-refractivity contribution < 1.29 is 9.53 Å². The number of hydrogen-bond acceptors (Lipinski definition) is 2. The number of carbonyl (C=O) groups excluding carboxylic acids is 1. The molecule has 0 saturated heterocycles. The minimum Gasteiger partial charge on any atom is -0.445 e. The number of rotatable bonds is 6. The van der Waals surface area contributed by atoms with E-state index in [9.17, 15) is 4.79 Å². The Hall–Kier alpha value is -2.03. The first kappa shape index (κ1) is 17.0. The van der Waals surface area contributed by atoms with Crippen LogP contribution in [0.15, 0.2) is 43.5 Å². The summed E-state index contributed by atoms with van der Waals surface area (Å²) < 4.78 is 4.96. The maximum atomic E-state index is 11.7. The van der Waals surface area contributed by atoms with Crippen LogP contribution in [0.2, 0.25) is 0 Å². The highest BCUT2D eigenvalue weighted by molar-refractivity contribution is 5.69. The molecule has 1 rings (SSSR count). The summed E-state index contributed by atoms with van der Waals surface area (Å²) in [6, 6.07) is 8.10. The van der Waals surface area contributed by atoms with E-state index in [1.165, 1.54) is 0 Å². The van der Waals surface area contributed by atoms with Gasteiger partial charge in [-0.05, 0) is 36.5 Å². The lowest BCUT2D eigenvalue weighted by Crippen LogP contribution is -2.41.